The van der Waals surface area contributed by atoms with E-state index in [1.54, 1.807) is 0 Å². The van der Waals surface area contributed by atoms with Gasteiger partial charge in [0, 0.05) is 29.6 Å². The highest BCUT2D eigenvalue weighted by Gasteiger charge is 2.69. The van der Waals surface area contributed by atoms with Gasteiger partial charge in [-0.3, -0.25) is 33.8 Å². The summed E-state index contributed by atoms with van der Waals surface area (Å²) >= 11 is 0. The summed E-state index contributed by atoms with van der Waals surface area (Å²) in [4.78, 5) is 69.5. The van der Waals surface area contributed by atoms with Crippen LogP contribution in [0.15, 0.2) is 6.07 Å². The van der Waals surface area contributed by atoms with Crippen molar-refractivity contribution in [2.24, 2.45) is 29.4 Å². The Kier molecular flexibility index (Phi) is 6.76. The Labute approximate surface area is 225 Å². The number of primary amides is 1. The van der Waals surface area contributed by atoms with E-state index in [0.717, 1.165) is 25.8 Å². The van der Waals surface area contributed by atoms with Crippen molar-refractivity contribution in [1.29, 1.82) is 0 Å². The van der Waals surface area contributed by atoms with Gasteiger partial charge in [0.25, 0.3) is 0 Å². The molecule has 3 saturated carbocycles. The summed E-state index contributed by atoms with van der Waals surface area (Å²) in [5.74, 6) is -12.1. The lowest BCUT2D eigenvalue weighted by Crippen LogP contribution is -2.74. The molecule has 0 aromatic heterocycles. The van der Waals surface area contributed by atoms with Gasteiger partial charge in [-0.2, -0.15) is 0 Å². The van der Waals surface area contributed by atoms with Crippen LogP contribution in [0.3, 0.4) is 0 Å². The SMILES string of the molecule is CCCN(Cc1cc(O)c2c(c1F)C[C@H]1C[C@H]3[C@H](N(C)C)C(=O)C(C(N)=O)C(=O)[C@@]3(O)C(=O)C1C2=O)C1CC1. The van der Waals surface area contributed by atoms with E-state index in [1.165, 1.54) is 25.1 Å². The average Bonchev–Trinajstić information content (AvgIpc) is 3.69. The number of nitrogens with zero attached hydrogens (tertiary/aromatic N) is 2. The number of hydrogen-bond donors (Lipinski definition) is 3. The Morgan fingerprint density at radius 1 is 1.18 bits per heavy atom. The zero-order valence-electron chi connectivity index (χ0n) is 22.3. The first-order chi connectivity index (χ1) is 18.3. The molecule has 0 spiro atoms. The van der Waals surface area contributed by atoms with Crippen LogP contribution in [-0.4, -0.2) is 87.4 Å². The number of carbonyl (C=O) groups excluding carboxylic acids is 5. The van der Waals surface area contributed by atoms with E-state index in [9.17, 15) is 34.2 Å². The predicted molar refractivity (Wildman–Crippen MR) is 135 cm³/mol. The Balaban J connectivity index is 1.56. The molecule has 6 atom stereocenters. The molecule has 1 aromatic rings. The van der Waals surface area contributed by atoms with Crippen LogP contribution >= 0.6 is 0 Å². The minimum atomic E-state index is -2.80. The van der Waals surface area contributed by atoms with E-state index in [1.807, 2.05) is 6.92 Å². The quantitative estimate of drug-likeness (QED) is 0.414. The lowest BCUT2D eigenvalue weighted by molar-refractivity contribution is -0.181. The molecule has 2 unspecified atom stereocenters. The fraction of sp³-hybridized carbons (Fsp3) is 0.607. The highest BCUT2D eigenvalue weighted by Crippen LogP contribution is 2.51. The van der Waals surface area contributed by atoms with E-state index in [4.69, 9.17) is 5.73 Å². The van der Waals surface area contributed by atoms with Crippen molar-refractivity contribution >= 4 is 29.0 Å². The van der Waals surface area contributed by atoms with Gasteiger partial charge in [0.1, 0.15) is 11.6 Å². The lowest BCUT2D eigenvalue weighted by Gasteiger charge is -2.52. The maximum absolute atomic E-state index is 15.9. The zero-order valence-corrected chi connectivity index (χ0v) is 22.3. The third kappa shape index (κ3) is 4.05. The van der Waals surface area contributed by atoms with Gasteiger partial charge in [0.15, 0.2) is 34.7 Å². The molecular formula is C28H34FN3O7. The number of carbonyl (C=O) groups is 5. The summed E-state index contributed by atoms with van der Waals surface area (Å²) in [5.41, 5.74) is 2.47. The van der Waals surface area contributed by atoms with Crippen molar-refractivity contribution in [3.05, 3.63) is 28.6 Å². The van der Waals surface area contributed by atoms with E-state index in [-0.39, 0.29) is 36.1 Å². The molecule has 3 fully saturated rings. The Morgan fingerprint density at radius 3 is 2.41 bits per heavy atom. The van der Waals surface area contributed by atoms with Crippen LogP contribution in [0.4, 0.5) is 4.39 Å². The topological polar surface area (TPSA) is 158 Å². The maximum Gasteiger partial charge on any atom is 0.235 e. The van der Waals surface area contributed by atoms with E-state index < -0.39 is 75.9 Å². The third-order valence-electron chi connectivity index (χ3n) is 9.02. The van der Waals surface area contributed by atoms with Crippen molar-refractivity contribution in [2.75, 3.05) is 20.6 Å². The van der Waals surface area contributed by atoms with E-state index >= 15 is 4.39 Å². The highest BCUT2D eigenvalue weighted by molar-refractivity contribution is 6.32. The maximum atomic E-state index is 15.9. The number of fused-ring (bicyclic) bond motifs is 3. The average molecular weight is 544 g/mol. The molecule has 4 N–H and O–H groups in total. The second kappa shape index (κ2) is 9.57. The number of aromatic hydroxyl groups is 1. The first-order valence-electron chi connectivity index (χ1n) is 13.5. The number of ketones is 4. The molecule has 0 bridgehead atoms. The Hall–Kier alpha value is -3.02. The summed E-state index contributed by atoms with van der Waals surface area (Å²) in [6.45, 7) is 3.07. The molecule has 0 aliphatic heterocycles. The molecule has 11 heteroatoms. The molecule has 5 rings (SSSR count). The second-order valence-electron chi connectivity index (χ2n) is 11.7. The van der Waals surface area contributed by atoms with Crippen LogP contribution in [0.5, 0.6) is 5.75 Å². The smallest absolute Gasteiger partial charge is 0.235 e. The summed E-state index contributed by atoms with van der Waals surface area (Å²) in [6, 6.07) is 0.380. The van der Waals surface area contributed by atoms with Gasteiger partial charge < -0.3 is 15.9 Å². The molecular weight excluding hydrogens is 509 g/mol. The van der Waals surface area contributed by atoms with Gasteiger partial charge in [-0.25, -0.2) is 4.39 Å². The fourth-order valence-corrected chi connectivity index (χ4v) is 7.16. The van der Waals surface area contributed by atoms with Gasteiger partial charge in [0.05, 0.1) is 17.5 Å². The number of phenols is 1. The standard InChI is InChI=1S/C28H34FN3O7/c1-4-7-32(14-5-6-14)11-13-10-17(33)19-15(21(13)29)8-12-9-16-22(31(2)3)24(35)20(27(30)38)26(37)28(16,39)25(36)18(12)23(19)34/h10,12,14,16,18,20,22,33,39H,4-9,11H2,1-3H3,(H2,30,38)/t12-,16-,18?,20?,22-,28-/m0/s1. The van der Waals surface area contributed by atoms with Gasteiger partial charge in [-0.05, 0) is 64.7 Å². The van der Waals surface area contributed by atoms with Gasteiger partial charge >= 0.3 is 0 Å². The first-order valence-corrected chi connectivity index (χ1v) is 13.5. The van der Waals surface area contributed by atoms with Crippen LogP contribution in [0.25, 0.3) is 0 Å². The van der Waals surface area contributed by atoms with Crippen LogP contribution in [-0.2, 0) is 32.1 Å². The second-order valence-corrected chi connectivity index (χ2v) is 11.7. The number of halogens is 1. The molecule has 0 radical (unpaired) electrons. The van der Waals surface area contributed by atoms with Crippen molar-refractivity contribution in [2.45, 2.75) is 63.3 Å². The molecule has 1 aromatic carbocycles. The molecule has 210 valence electrons. The number of aliphatic hydroxyl groups is 1. The molecule has 4 aliphatic rings. The normalized spacial score (nSPS) is 32.3. The summed E-state index contributed by atoms with van der Waals surface area (Å²) in [7, 11) is 3.03. The summed E-state index contributed by atoms with van der Waals surface area (Å²) in [6.07, 6.45) is 2.72. The van der Waals surface area contributed by atoms with Crippen LogP contribution < -0.4 is 5.73 Å². The van der Waals surface area contributed by atoms with Crippen molar-refractivity contribution < 1.29 is 38.6 Å². The zero-order chi connectivity index (χ0) is 28.5. The number of hydrogen-bond acceptors (Lipinski definition) is 9. The van der Waals surface area contributed by atoms with Crippen LogP contribution in [0.2, 0.25) is 0 Å². The Morgan fingerprint density at radius 2 is 1.85 bits per heavy atom. The molecule has 0 heterocycles. The number of Topliss-reactive ketones (excluding diaryl/α,β-unsaturated/α-hetero) is 4. The van der Waals surface area contributed by atoms with Gasteiger partial charge in [-0.15, -0.1) is 0 Å². The highest BCUT2D eigenvalue weighted by atomic mass is 19.1. The predicted octanol–water partition coefficient (Wildman–Crippen LogP) is 0.381. The number of phenolic OH excluding ortho intramolecular Hbond substituents is 1. The minimum absolute atomic E-state index is 0.00612. The number of rotatable bonds is 7. The van der Waals surface area contributed by atoms with E-state index in [0.29, 0.717) is 6.04 Å². The van der Waals surface area contributed by atoms with Crippen molar-refractivity contribution in [3.8, 4) is 5.75 Å². The van der Waals surface area contributed by atoms with Crippen LogP contribution in [0.1, 0.15) is 54.1 Å². The van der Waals surface area contributed by atoms with Crippen molar-refractivity contribution in [1.82, 2.24) is 9.80 Å². The van der Waals surface area contributed by atoms with E-state index in [2.05, 4.69) is 4.90 Å². The largest absolute Gasteiger partial charge is 0.507 e. The molecule has 1 amide bonds. The van der Waals surface area contributed by atoms with Crippen LogP contribution in [0, 0.1) is 29.5 Å². The van der Waals surface area contributed by atoms with Gasteiger partial charge in [-0.1, -0.05) is 6.92 Å². The van der Waals surface area contributed by atoms with Crippen molar-refractivity contribution in [3.63, 3.8) is 0 Å². The van der Waals surface area contributed by atoms with Gasteiger partial charge in [0.2, 0.25) is 5.91 Å². The molecule has 10 nitrogen and oxygen atoms in total. The summed E-state index contributed by atoms with van der Waals surface area (Å²) in [5, 5.41) is 22.4. The number of likely N-dealkylation sites (N-methyl/N-ethyl adjacent to an activating group) is 1. The fourth-order valence-electron chi connectivity index (χ4n) is 7.16. The Bertz CT molecular complexity index is 1290. The minimum Gasteiger partial charge on any atom is -0.507 e. The number of nitrogens with two attached hydrogens (primary N) is 1. The molecule has 0 saturated heterocycles. The summed E-state index contributed by atoms with van der Waals surface area (Å²) < 4.78 is 15.9. The number of benzene rings is 1. The molecule has 4 aliphatic carbocycles. The third-order valence-corrected chi connectivity index (χ3v) is 9.02. The number of amides is 1. The first kappa shape index (κ1) is 27.5. The lowest BCUT2D eigenvalue weighted by atomic mass is 9.52. The monoisotopic (exact) mass is 543 g/mol. The molecule has 39 heavy (non-hydrogen) atoms.